The lowest BCUT2D eigenvalue weighted by atomic mass is 10.1. The van der Waals surface area contributed by atoms with Gasteiger partial charge in [0.05, 0.1) is 6.54 Å². The van der Waals surface area contributed by atoms with Crippen LogP contribution in [-0.4, -0.2) is 72.0 Å². The molecule has 0 spiro atoms. The highest BCUT2D eigenvalue weighted by Crippen LogP contribution is 2.25. The molecule has 3 N–H and O–H groups in total. The number of likely N-dealkylation sites (N-methyl/N-ethyl adjacent to an activating group) is 2. The Bertz CT molecular complexity index is 662. The zero-order valence-corrected chi connectivity index (χ0v) is 13.8. The molecule has 24 heavy (non-hydrogen) atoms. The molecule has 8 heteroatoms. The highest BCUT2D eigenvalue weighted by Gasteiger charge is 2.51. The molecule has 2 atom stereocenters. The van der Waals surface area contributed by atoms with Gasteiger partial charge >= 0.3 is 6.03 Å². The molecule has 3 amide bonds. The van der Waals surface area contributed by atoms with Crippen LogP contribution < -0.4 is 11.1 Å². The summed E-state index contributed by atoms with van der Waals surface area (Å²) in [6.45, 7) is 1.40. The fraction of sp³-hybridized carbons (Fsp3) is 0.438. The van der Waals surface area contributed by atoms with Crippen LogP contribution in [0.2, 0.25) is 0 Å². The molecule has 1 aromatic rings. The molecule has 2 aliphatic heterocycles. The van der Waals surface area contributed by atoms with Crippen LogP contribution in [0.4, 0.5) is 4.79 Å². The van der Waals surface area contributed by atoms with Crippen LogP contribution in [0.1, 0.15) is 5.56 Å². The topological polar surface area (TPSA) is 94.3 Å². The van der Waals surface area contributed by atoms with E-state index in [-0.39, 0.29) is 11.9 Å². The molecule has 0 saturated carbocycles. The molecule has 3 rings (SSSR count). The van der Waals surface area contributed by atoms with E-state index >= 15 is 0 Å². The number of carbonyl (C=O) groups excluding carboxylic acids is 2. The lowest BCUT2D eigenvalue weighted by Crippen LogP contribution is -2.65. The van der Waals surface area contributed by atoms with E-state index in [1.54, 1.807) is 7.05 Å². The minimum absolute atomic E-state index is 0.232. The van der Waals surface area contributed by atoms with Gasteiger partial charge in [0.25, 0.3) is 5.91 Å². The number of benzene rings is 1. The maximum absolute atomic E-state index is 12.7. The van der Waals surface area contributed by atoms with Gasteiger partial charge in [0.15, 0.2) is 12.0 Å². The SMILES string of the molecule is CN1C(=O)C2C(NC(=NCCN)N2Cc2ccccc2)N(C)C1=O. The Morgan fingerprint density at radius 2 is 1.92 bits per heavy atom. The van der Waals surface area contributed by atoms with Crippen molar-refractivity contribution >= 4 is 17.9 Å². The molecule has 2 aliphatic rings. The Morgan fingerprint density at radius 1 is 1.21 bits per heavy atom. The number of nitrogens with two attached hydrogens (primary N) is 1. The summed E-state index contributed by atoms with van der Waals surface area (Å²) in [6.07, 6.45) is -0.429. The van der Waals surface area contributed by atoms with E-state index in [9.17, 15) is 9.59 Å². The molecule has 2 fully saturated rings. The molecule has 8 nitrogen and oxygen atoms in total. The Kier molecular flexibility index (Phi) is 4.39. The van der Waals surface area contributed by atoms with Crippen molar-refractivity contribution in [1.82, 2.24) is 20.0 Å². The van der Waals surface area contributed by atoms with Crippen molar-refractivity contribution in [2.45, 2.75) is 18.8 Å². The average Bonchev–Trinajstić information content (AvgIpc) is 2.95. The minimum Gasteiger partial charge on any atom is -0.333 e. The van der Waals surface area contributed by atoms with Crippen molar-refractivity contribution in [3.63, 3.8) is 0 Å². The van der Waals surface area contributed by atoms with Gasteiger partial charge in [-0.05, 0) is 5.56 Å². The summed E-state index contributed by atoms with van der Waals surface area (Å²) in [5.74, 6) is 0.368. The van der Waals surface area contributed by atoms with Gasteiger partial charge in [-0.2, -0.15) is 0 Å². The third-order valence-corrected chi connectivity index (χ3v) is 4.36. The van der Waals surface area contributed by atoms with Crippen LogP contribution in [0.3, 0.4) is 0 Å². The van der Waals surface area contributed by atoms with Gasteiger partial charge < -0.3 is 20.9 Å². The second kappa shape index (κ2) is 6.48. The van der Waals surface area contributed by atoms with Crippen LogP contribution >= 0.6 is 0 Å². The van der Waals surface area contributed by atoms with Gasteiger partial charge in [0.1, 0.15) is 6.17 Å². The van der Waals surface area contributed by atoms with E-state index in [0.717, 1.165) is 10.5 Å². The van der Waals surface area contributed by atoms with Crippen molar-refractivity contribution in [1.29, 1.82) is 0 Å². The van der Waals surface area contributed by atoms with Crippen LogP contribution in [0.5, 0.6) is 0 Å². The molecule has 1 aromatic carbocycles. The molecule has 2 unspecified atom stereocenters. The summed E-state index contributed by atoms with van der Waals surface area (Å²) >= 11 is 0. The Labute approximate surface area is 140 Å². The standard InChI is InChI=1S/C16H22N6O2/c1-20-13-12(14(23)21(2)16(20)24)22(15(19-13)18-9-8-17)10-11-6-4-3-5-7-11/h3-7,12-13H,8-10,17H2,1-2H3,(H,18,19). The molecule has 2 heterocycles. The number of aliphatic imine (C=N–C) groups is 1. The molecule has 128 valence electrons. The summed E-state index contributed by atoms with van der Waals surface area (Å²) in [5.41, 5.74) is 6.62. The van der Waals surface area contributed by atoms with Gasteiger partial charge in [-0.1, -0.05) is 30.3 Å². The van der Waals surface area contributed by atoms with E-state index in [0.29, 0.717) is 25.6 Å². The summed E-state index contributed by atoms with van der Waals surface area (Å²) in [6, 6.07) is 9.03. The summed E-state index contributed by atoms with van der Waals surface area (Å²) in [7, 11) is 3.19. The summed E-state index contributed by atoms with van der Waals surface area (Å²) in [5, 5.41) is 3.21. The number of fused-ring (bicyclic) bond motifs is 1. The molecule has 0 aliphatic carbocycles. The fourth-order valence-corrected chi connectivity index (χ4v) is 3.08. The second-order valence-corrected chi connectivity index (χ2v) is 5.93. The first-order valence-corrected chi connectivity index (χ1v) is 7.90. The number of carbonyl (C=O) groups is 2. The largest absolute Gasteiger partial charge is 0.333 e. The van der Waals surface area contributed by atoms with Gasteiger partial charge in [0.2, 0.25) is 0 Å². The second-order valence-electron chi connectivity index (χ2n) is 5.93. The van der Waals surface area contributed by atoms with Gasteiger partial charge in [-0.15, -0.1) is 0 Å². The van der Waals surface area contributed by atoms with Crippen LogP contribution in [-0.2, 0) is 11.3 Å². The van der Waals surface area contributed by atoms with Gasteiger partial charge in [-0.3, -0.25) is 14.7 Å². The minimum atomic E-state index is -0.505. The van der Waals surface area contributed by atoms with Crippen molar-refractivity contribution in [2.24, 2.45) is 10.7 Å². The molecular formula is C16H22N6O2. The number of hydrogen-bond donors (Lipinski definition) is 2. The van der Waals surface area contributed by atoms with Crippen molar-refractivity contribution in [3.8, 4) is 0 Å². The molecule has 2 saturated heterocycles. The highest BCUT2D eigenvalue weighted by molar-refractivity contribution is 6.04. The fourth-order valence-electron chi connectivity index (χ4n) is 3.08. The molecule has 0 bridgehead atoms. The zero-order valence-electron chi connectivity index (χ0n) is 13.8. The van der Waals surface area contributed by atoms with E-state index < -0.39 is 12.2 Å². The maximum atomic E-state index is 12.7. The smallest absolute Gasteiger partial charge is 0.327 e. The quantitative estimate of drug-likeness (QED) is 0.785. The highest BCUT2D eigenvalue weighted by atomic mass is 16.2. The van der Waals surface area contributed by atoms with Gasteiger partial charge in [0, 0.05) is 27.2 Å². The number of guanidine groups is 1. The third kappa shape index (κ3) is 2.69. The lowest BCUT2D eigenvalue weighted by Gasteiger charge is -2.39. The predicted molar refractivity (Wildman–Crippen MR) is 90.0 cm³/mol. The van der Waals surface area contributed by atoms with Crippen molar-refractivity contribution < 1.29 is 9.59 Å². The number of nitrogens with zero attached hydrogens (tertiary/aromatic N) is 4. The van der Waals surface area contributed by atoms with Crippen LogP contribution in [0.15, 0.2) is 35.3 Å². The predicted octanol–water partition coefficient (Wildman–Crippen LogP) is -0.375. The first-order chi connectivity index (χ1) is 11.5. The van der Waals surface area contributed by atoms with E-state index in [4.69, 9.17) is 5.73 Å². The third-order valence-electron chi connectivity index (χ3n) is 4.36. The summed E-state index contributed by atoms with van der Waals surface area (Å²) in [4.78, 5) is 33.9. The molecular weight excluding hydrogens is 308 g/mol. The van der Waals surface area contributed by atoms with Crippen LogP contribution in [0, 0.1) is 0 Å². The van der Waals surface area contributed by atoms with E-state index in [1.807, 2.05) is 35.2 Å². The number of imide groups is 1. The van der Waals surface area contributed by atoms with Crippen LogP contribution in [0.25, 0.3) is 0 Å². The van der Waals surface area contributed by atoms with E-state index in [1.165, 1.54) is 11.9 Å². The average molecular weight is 330 g/mol. The van der Waals surface area contributed by atoms with Crippen molar-refractivity contribution in [2.75, 3.05) is 27.2 Å². The number of hydrogen-bond acceptors (Lipinski definition) is 4. The Morgan fingerprint density at radius 3 is 2.58 bits per heavy atom. The van der Waals surface area contributed by atoms with E-state index in [2.05, 4.69) is 10.3 Å². The number of nitrogens with one attached hydrogen (secondary N) is 1. The Balaban J connectivity index is 1.95. The first-order valence-electron chi connectivity index (χ1n) is 7.90. The number of rotatable bonds is 4. The number of amides is 3. The first kappa shape index (κ1) is 16.3. The molecule has 0 radical (unpaired) electrons. The lowest BCUT2D eigenvalue weighted by molar-refractivity contribution is -0.136. The monoisotopic (exact) mass is 330 g/mol. The molecule has 0 aromatic heterocycles. The zero-order chi connectivity index (χ0) is 17.3. The number of urea groups is 1. The Hall–Kier alpha value is -2.61. The van der Waals surface area contributed by atoms with Gasteiger partial charge in [-0.25, -0.2) is 4.79 Å². The summed E-state index contributed by atoms with van der Waals surface area (Å²) < 4.78 is 0. The maximum Gasteiger partial charge on any atom is 0.327 e. The normalized spacial score (nSPS) is 25.3. The van der Waals surface area contributed by atoms with Crippen molar-refractivity contribution in [3.05, 3.63) is 35.9 Å².